The standard InChI is InChI=1S/C13H18N2O2S/c1-9(12(16)14-2)8-15(3)13(17)10-4-6-11(18)7-5-10/h4-7,9,18H,8H2,1-3H3,(H,14,16). The van der Waals surface area contributed by atoms with Crippen molar-refractivity contribution in [1.82, 2.24) is 10.2 Å². The van der Waals surface area contributed by atoms with Crippen molar-refractivity contribution in [2.45, 2.75) is 11.8 Å². The minimum Gasteiger partial charge on any atom is -0.359 e. The van der Waals surface area contributed by atoms with Gasteiger partial charge in [-0.25, -0.2) is 0 Å². The van der Waals surface area contributed by atoms with Crippen LogP contribution in [0.25, 0.3) is 0 Å². The number of nitrogens with zero attached hydrogens (tertiary/aromatic N) is 1. The van der Waals surface area contributed by atoms with Crippen LogP contribution in [0.5, 0.6) is 0 Å². The summed E-state index contributed by atoms with van der Waals surface area (Å²) in [6, 6.07) is 7.00. The monoisotopic (exact) mass is 266 g/mol. The van der Waals surface area contributed by atoms with Crippen molar-refractivity contribution in [3.8, 4) is 0 Å². The van der Waals surface area contributed by atoms with Crippen molar-refractivity contribution in [3.05, 3.63) is 29.8 Å². The van der Waals surface area contributed by atoms with Gasteiger partial charge in [0.25, 0.3) is 5.91 Å². The molecule has 5 heteroatoms. The van der Waals surface area contributed by atoms with Crippen LogP contribution in [0.2, 0.25) is 0 Å². The molecule has 0 heterocycles. The average Bonchev–Trinajstić information content (AvgIpc) is 2.37. The molecule has 98 valence electrons. The second-order valence-electron chi connectivity index (χ2n) is 4.25. The molecule has 1 unspecified atom stereocenters. The van der Waals surface area contributed by atoms with Gasteiger partial charge in [-0.15, -0.1) is 12.6 Å². The number of amides is 2. The molecule has 1 aromatic carbocycles. The Morgan fingerprint density at radius 2 is 1.89 bits per heavy atom. The Labute approximate surface area is 113 Å². The maximum absolute atomic E-state index is 12.1. The number of carbonyl (C=O) groups excluding carboxylic acids is 2. The van der Waals surface area contributed by atoms with Gasteiger partial charge in [-0.1, -0.05) is 6.92 Å². The molecule has 0 saturated heterocycles. The van der Waals surface area contributed by atoms with E-state index in [4.69, 9.17) is 0 Å². The number of hydrogen-bond acceptors (Lipinski definition) is 3. The first kappa shape index (κ1) is 14.6. The molecule has 18 heavy (non-hydrogen) atoms. The molecule has 0 aliphatic heterocycles. The van der Waals surface area contributed by atoms with Crippen LogP contribution in [0.1, 0.15) is 17.3 Å². The average molecular weight is 266 g/mol. The smallest absolute Gasteiger partial charge is 0.253 e. The third-order valence-electron chi connectivity index (χ3n) is 2.70. The van der Waals surface area contributed by atoms with Gasteiger partial charge in [-0.05, 0) is 24.3 Å². The van der Waals surface area contributed by atoms with Crippen molar-refractivity contribution in [2.24, 2.45) is 5.92 Å². The zero-order valence-corrected chi connectivity index (χ0v) is 11.7. The highest BCUT2D eigenvalue weighted by Gasteiger charge is 2.18. The van der Waals surface area contributed by atoms with Crippen LogP contribution in [0, 0.1) is 5.92 Å². The fraction of sp³-hybridized carbons (Fsp3) is 0.385. The number of rotatable bonds is 4. The molecule has 0 aliphatic rings. The van der Waals surface area contributed by atoms with Gasteiger partial charge in [0, 0.05) is 31.1 Å². The summed E-state index contributed by atoms with van der Waals surface area (Å²) in [5, 5.41) is 2.57. The number of benzene rings is 1. The molecule has 0 saturated carbocycles. The van der Waals surface area contributed by atoms with Gasteiger partial charge in [0.15, 0.2) is 0 Å². The van der Waals surface area contributed by atoms with Crippen molar-refractivity contribution in [3.63, 3.8) is 0 Å². The van der Waals surface area contributed by atoms with E-state index in [0.717, 1.165) is 4.90 Å². The van der Waals surface area contributed by atoms with Crippen LogP contribution < -0.4 is 5.32 Å². The maximum Gasteiger partial charge on any atom is 0.253 e. The van der Waals surface area contributed by atoms with E-state index in [0.29, 0.717) is 12.1 Å². The number of thiol groups is 1. The number of nitrogens with one attached hydrogen (secondary N) is 1. The highest BCUT2D eigenvalue weighted by atomic mass is 32.1. The lowest BCUT2D eigenvalue weighted by molar-refractivity contribution is -0.124. The number of carbonyl (C=O) groups is 2. The molecule has 0 spiro atoms. The number of hydrogen-bond donors (Lipinski definition) is 2. The SMILES string of the molecule is CNC(=O)C(C)CN(C)C(=O)c1ccc(S)cc1. The van der Waals surface area contributed by atoms with E-state index in [1.54, 1.807) is 50.2 Å². The Morgan fingerprint density at radius 3 is 2.39 bits per heavy atom. The van der Waals surface area contributed by atoms with E-state index in [1.807, 2.05) is 0 Å². The summed E-state index contributed by atoms with van der Waals surface area (Å²) in [6.45, 7) is 2.18. The summed E-state index contributed by atoms with van der Waals surface area (Å²) < 4.78 is 0. The van der Waals surface area contributed by atoms with Crippen LogP contribution in [0.3, 0.4) is 0 Å². The van der Waals surface area contributed by atoms with Crippen LogP contribution in [0.4, 0.5) is 0 Å². The van der Waals surface area contributed by atoms with E-state index < -0.39 is 0 Å². The van der Waals surface area contributed by atoms with E-state index >= 15 is 0 Å². The summed E-state index contributed by atoms with van der Waals surface area (Å²) in [6.07, 6.45) is 0. The minimum atomic E-state index is -0.229. The third-order valence-corrected chi connectivity index (χ3v) is 3.00. The molecule has 1 aromatic rings. The van der Waals surface area contributed by atoms with Crippen LogP contribution >= 0.6 is 12.6 Å². The van der Waals surface area contributed by atoms with Crippen molar-refractivity contribution in [2.75, 3.05) is 20.6 Å². The lowest BCUT2D eigenvalue weighted by Gasteiger charge is -2.20. The normalized spacial score (nSPS) is 11.8. The quantitative estimate of drug-likeness (QED) is 0.810. The summed E-state index contributed by atoms with van der Waals surface area (Å²) >= 11 is 4.17. The molecular weight excluding hydrogens is 248 g/mol. The summed E-state index contributed by atoms with van der Waals surface area (Å²) in [5.74, 6) is -0.396. The highest BCUT2D eigenvalue weighted by Crippen LogP contribution is 2.10. The molecule has 4 nitrogen and oxygen atoms in total. The molecule has 0 aliphatic carbocycles. The topological polar surface area (TPSA) is 49.4 Å². The van der Waals surface area contributed by atoms with Crippen molar-refractivity contribution < 1.29 is 9.59 Å². The fourth-order valence-electron chi connectivity index (χ4n) is 1.65. The van der Waals surface area contributed by atoms with Gasteiger partial charge in [0.05, 0.1) is 5.92 Å². The lowest BCUT2D eigenvalue weighted by Crippen LogP contribution is -2.37. The van der Waals surface area contributed by atoms with Gasteiger partial charge in [-0.2, -0.15) is 0 Å². The van der Waals surface area contributed by atoms with E-state index in [2.05, 4.69) is 17.9 Å². The molecule has 2 amide bonds. The van der Waals surface area contributed by atoms with Crippen molar-refractivity contribution >= 4 is 24.4 Å². The Kier molecular flexibility index (Phi) is 5.22. The summed E-state index contributed by atoms with van der Waals surface area (Å²) in [4.78, 5) is 25.8. The second kappa shape index (κ2) is 6.44. The zero-order valence-electron chi connectivity index (χ0n) is 10.8. The summed E-state index contributed by atoms with van der Waals surface area (Å²) in [7, 11) is 3.28. The first-order valence-electron chi connectivity index (χ1n) is 5.71. The largest absolute Gasteiger partial charge is 0.359 e. The lowest BCUT2D eigenvalue weighted by atomic mass is 10.1. The predicted molar refractivity (Wildman–Crippen MR) is 73.9 cm³/mol. The fourth-order valence-corrected chi connectivity index (χ4v) is 1.80. The van der Waals surface area contributed by atoms with Crippen LogP contribution in [-0.2, 0) is 4.79 Å². The van der Waals surface area contributed by atoms with Crippen molar-refractivity contribution in [1.29, 1.82) is 0 Å². The second-order valence-corrected chi connectivity index (χ2v) is 4.76. The van der Waals surface area contributed by atoms with Gasteiger partial charge in [-0.3, -0.25) is 9.59 Å². The molecule has 1 N–H and O–H groups in total. The van der Waals surface area contributed by atoms with E-state index in [1.165, 1.54) is 0 Å². The first-order chi connectivity index (χ1) is 8.45. The Hall–Kier alpha value is -1.49. The molecule has 0 radical (unpaired) electrons. The Morgan fingerprint density at radius 1 is 1.33 bits per heavy atom. The Bertz CT molecular complexity index is 431. The molecular formula is C13H18N2O2S. The first-order valence-corrected chi connectivity index (χ1v) is 6.16. The van der Waals surface area contributed by atoms with Gasteiger partial charge in [0.1, 0.15) is 0 Å². The minimum absolute atomic E-state index is 0.0691. The molecule has 1 atom stereocenters. The van der Waals surface area contributed by atoms with E-state index in [9.17, 15) is 9.59 Å². The zero-order chi connectivity index (χ0) is 13.7. The van der Waals surface area contributed by atoms with Crippen LogP contribution in [0.15, 0.2) is 29.2 Å². The summed E-state index contributed by atoms with van der Waals surface area (Å²) in [5.41, 5.74) is 0.597. The molecule has 0 bridgehead atoms. The van der Waals surface area contributed by atoms with E-state index in [-0.39, 0.29) is 17.7 Å². The maximum atomic E-state index is 12.1. The molecule has 0 aromatic heterocycles. The highest BCUT2D eigenvalue weighted by molar-refractivity contribution is 7.80. The predicted octanol–water partition coefficient (Wildman–Crippen LogP) is 1.43. The van der Waals surface area contributed by atoms with Gasteiger partial charge in [0.2, 0.25) is 5.91 Å². The third kappa shape index (κ3) is 3.77. The van der Waals surface area contributed by atoms with Gasteiger partial charge < -0.3 is 10.2 Å². The van der Waals surface area contributed by atoms with Gasteiger partial charge >= 0.3 is 0 Å². The molecule has 1 rings (SSSR count). The van der Waals surface area contributed by atoms with Crippen LogP contribution in [-0.4, -0.2) is 37.4 Å². The Balaban J connectivity index is 2.67. The molecule has 0 fully saturated rings.